The van der Waals surface area contributed by atoms with E-state index in [-0.39, 0.29) is 5.41 Å². The maximum absolute atomic E-state index is 8.89. The Bertz CT molecular complexity index is 391. The monoisotopic (exact) mass is 194 g/mol. The minimum absolute atomic E-state index is 0.0839. The summed E-state index contributed by atoms with van der Waals surface area (Å²) in [5.41, 5.74) is 1.44. The lowest BCUT2D eigenvalue weighted by Crippen LogP contribution is -2.27. The Hall–Kier alpha value is -1.32. The van der Waals surface area contributed by atoms with Crippen molar-refractivity contribution in [2.45, 2.75) is 33.6 Å². The van der Waals surface area contributed by atoms with Crippen molar-refractivity contribution in [3.63, 3.8) is 0 Å². The number of oxime groups is 1. The van der Waals surface area contributed by atoms with E-state index >= 15 is 0 Å². The van der Waals surface area contributed by atoms with E-state index in [0.717, 1.165) is 24.3 Å². The normalized spacial score (nSPS) is 22.4. The van der Waals surface area contributed by atoms with Crippen LogP contribution in [0.2, 0.25) is 0 Å². The van der Waals surface area contributed by atoms with E-state index in [1.165, 1.54) is 0 Å². The van der Waals surface area contributed by atoms with E-state index in [4.69, 9.17) is 9.62 Å². The van der Waals surface area contributed by atoms with Gasteiger partial charge in [-0.15, -0.1) is 0 Å². The number of oxazole rings is 1. The maximum Gasteiger partial charge on any atom is 0.191 e. The van der Waals surface area contributed by atoms with Crippen LogP contribution >= 0.6 is 0 Å². The van der Waals surface area contributed by atoms with Gasteiger partial charge >= 0.3 is 0 Å². The van der Waals surface area contributed by atoms with Crippen LogP contribution in [0.25, 0.3) is 0 Å². The molecule has 0 fully saturated rings. The van der Waals surface area contributed by atoms with Gasteiger partial charge in [-0.3, -0.25) is 0 Å². The Morgan fingerprint density at radius 1 is 1.43 bits per heavy atom. The molecule has 1 aromatic heterocycles. The molecule has 0 unspecified atom stereocenters. The van der Waals surface area contributed by atoms with Crippen molar-refractivity contribution in [3.8, 4) is 0 Å². The minimum atomic E-state index is 0.0839. The lowest BCUT2D eigenvalue weighted by Gasteiger charge is -2.27. The molecule has 1 N–H and O–H groups in total. The number of hydrogen-bond donors (Lipinski definition) is 1. The lowest BCUT2D eigenvalue weighted by atomic mass is 9.77. The van der Waals surface area contributed by atoms with Gasteiger partial charge in [0, 0.05) is 19.8 Å². The van der Waals surface area contributed by atoms with Crippen LogP contribution in [-0.4, -0.2) is 15.9 Å². The highest BCUT2D eigenvalue weighted by Crippen LogP contribution is 2.34. The molecule has 0 bridgehead atoms. The molecule has 0 aromatic carbocycles. The molecule has 0 aliphatic heterocycles. The molecule has 1 aromatic rings. The molecule has 0 atom stereocenters. The van der Waals surface area contributed by atoms with Crippen LogP contribution in [0, 0.1) is 12.3 Å². The fourth-order valence-electron chi connectivity index (χ4n) is 1.93. The van der Waals surface area contributed by atoms with E-state index in [1.54, 1.807) is 6.92 Å². The zero-order valence-electron chi connectivity index (χ0n) is 8.66. The molecule has 4 heteroatoms. The Kier molecular flexibility index (Phi) is 1.87. The predicted molar refractivity (Wildman–Crippen MR) is 51.7 cm³/mol. The van der Waals surface area contributed by atoms with Crippen molar-refractivity contribution in [2.24, 2.45) is 10.6 Å². The number of aromatic nitrogens is 1. The highest BCUT2D eigenvalue weighted by molar-refractivity contribution is 6.00. The van der Waals surface area contributed by atoms with Crippen molar-refractivity contribution >= 4 is 5.71 Å². The third-order valence-corrected chi connectivity index (χ3v) is 2.48. The molecule has 0 amide bonds. The van der Waals surface area contributed by atoms with Gasteiger partial charge < -0.3 is 9.62 Å². The molecule has 1 aliphatic rings. The van der Waals surface area contributed by atoms with E-state index in [1.807, 2.05) is 0 Å². The van der Waals surface area contributed by atoms with Crippen LogP contribution in [0.5, 0.6) is 0 Å². The van der Waals surface area contributed by atoms with Gasteiger partial charge in [0.2, 0.25) is 0 Å². The van der Waals surface area contributed by atoms with Crippen molar-refractivity contribution < 1.29 is 9.62 Å². The number of hydrogen-bond acceptors (Lipinski definition) is 4. The second-order valence-corrected chi connectivity index (χ2v) is 4.57. The average molecular weight is 194 g/mol. The molecule has 0 spiro atoms. The zero-order valence-corrected chi connectivity index (χ0v) is 8.66. The van der Waals surface area contributed by atoms with Crippen molar-refractivity contribution in [1.29, 1.82) is 0 Å². The van der Waals surface area contributed by atoms with Gasteiger partial charge in [-0.25, -0.2) is 4.98 Å². The second-order valence-electron chi connectivity index (χ2n) is 4.57. The number of fused-ring (bicyclic) bond motifs is 1. The Morgan fingerprint density at radius 2 is 2.14 bits per heavy atom. The van der Waals surface area contributed by atoms with Crippen LogP contribution in [0.4, 0.5) is 0 Å². The number of rotatable bonds is 0. The average Bonchev–Trinajstić information content (AvgIpc) is 2.41. The van der Waals surface area contributed by atoms with Crippen molar-refractivity contribution in [3.05, 3.63) is 17.3 Å². The number of nitrogens with zero attached hydrogens (tertiary/aromatic N) is 2. The molecule has 1 aliphatic carbocycles. The van der Waals surface area contributed by atoms with Gasteiger partial charge in [-0.1, -0.05) is 19.0 Å². The van der Waals surface area contributed by atoms with E-state index in [2.05, 4.69) is 24.0 Å². The van der Waals surface area contributed by atoms with Gasteiger partial charge in [0.15, 0.2) is 5.89 Å². The fourth-order valence-corrected chi connectivity index (χ4v) is 1.93. The summed E-state index contributed by atoms with van der Waals surface area (Å²) >= 11 is 0. The maximum atomic E-state index is 8.89. The van der Waals surface area contributed by atoms with Gasteiger partial charge in [0.1, 0.15) is 17.2 Å². The van der Waals surface area contributed by atoms with E-state index < -0.39 is 0 Å². The third-order valence-electron chi connectivity index (χ3n) is 2.48. The highest BCUT2D eigenvalue weighted by Gasteiger charge is 2.33. The molecule has 1 heterocycles. The van der Waals surface area contributed by atoms with Crippen LogP contribution in [0.15, 0.2) is 9.57 Å². The third kappa shape index (κ3) is 1.41. The molecule has 76 valence electrons. The zero-order chi connectivity index (χ0) is 10.3. The molecule has 0 saturated carbocycles. The summed E-state index contributed by atoms with van der Waals surface area (Å²) in [7, 11) is 0. The SMILES string of the molecule is Cc1nc2c(o1)CC(C)(C)C/C2=N/O. The number of aryl methyl sites for hydroxylation is 1. The largest absolute Gasteiger partial charge is 0.445 e. The fraction of sp³-hybridized carbons (Fsp3) is 0.600. The summed E-state index contributed by atoms with van der Waals surface area (Å²) in [6, 6.07) is 0. The lowest BCUT2D eigenvalue weighted by molar-refractivity contribution is 0.297. The summed E-state index contributed by atoms with van der Waals surface area (Å²) in [5.74, 6) is 1.47. The summed E-state index contributed by atoms with van der Waals surface area (Å²) in [4.78, 5) is 4.21. The summed E-state index contributed by atoms with van der Waals surface area (Å²) in [6.45, 7) is 6.05. The Balaban J connectivity index is 2.51. The van der Waals surface area contributed by atoms with Gasteiger partial charge in [-0.2, -0.15) is 0 Å². The molecule has 0 saturated heterocycles. The molecular formula is C10H14N2O2. The van der Waals surface area contributed by atoms with Crippen LogP contribution in [-0.2, 0) is 6.42 Å². The van der Waals surface area contributed by atoms with Gasteiger partial charge in [0.05, 0.1) is 0 Å². The first-order valence-corrected chi connectivity index (χ1v) is 4.69. The summed E-state index contributed by atoms with van der Waals surface area (Å²) in [5, 5.41) is 12.2. The summed E-state index contributed by atoms with van der Waals surface area (Å²) in [6.07, 6.45) is 1.59. The molecular weight excluding hydrogens is 180 g/mol. The van der Waals surface area contributed by atoms with Crippen molar-refractivity contribution in [1.82, 2.24) is 4.98 Å². The van der Waals surface area contributed by atoms with Gasteiger partial charge in [0.25, 0.3) is 0 Å². The smallest absolute Gasteiger partial charge is 0.191 e. The standard InChI is InChI=1S/C10H14N2O2/c1-6-11-9-7(12-13)4-10(2,3)5-8(9)14-6/h13H,4-5H2,1-3H3/b12-7-. The molecule has 0 radical (unpaired) electrons. The highest BCUT2D eigenvalue weighted by atomic mass is 16.4. The topological polar surface area (TPSA) is 58.6 Å². The van der Waals surface area contributed by atoms with Gasteiger partial charge in [-0.05, 0) is 5.41 Å². The minimum Gasteiger partial charge on any atom is -0.445 e. The Morgan fingerprint density at radius 3 is 2.79 bits per heavy atom. The van der Waals surface area contributed by atoms with Crippen LogP contribution in [0.3, 0.4) is 0 Å². The van der Waals surface area contributed by atoms with E-state index in [0.29, 0.717) is 11.6 Å². The summed E-state index contributed by atoms with van der Waals surface area (Å²) < 4.78 is 5.47. The first-order chi connectivity index (χ1) is 6.52. The first-order valence-electron chi connectivity index (χ1n) is 4.69. The second kappa shape index (κ2) is 2.83. The molecule has 2 rings (SSSR count). The predicted octanol–water partition coefficient (Wildman–Crippen LogP) is 2.13. The van der Waals surface area contributed by atoms with Crippen molar-refractivity contribution in [2.75, 3.05) is 0 Å². The first kappa shape index (κ1) is 9.24. The van der Waals surface area contributed by atoms with Crippen LogP contribution < -0.4 is 0 Å². The van der Waals surface area contributed by atoms with Crippen LogP contribution in [0.1, 0.15) is 37.6 Å². The molecule has 14 heavy (non-hydrogen) atoms. The Labute approximate surface area is 82.6 Å². The molecule has 4 nitrogen and oxygen atoms in total. The van der Waals surface area contributed by atoms with E-state index in [9.17, 15) is 0 Å². The quantitative estimate of drug-likeness (QED) is 0.508.